The molecule has 2 bridgehead atoms. The lowest BCUT2D eigenvalue weighted by molar-refractivity contribution is 0.0829. The van der Waals surface area contributed by atoms with Crippen LogP contribution >= 0.6 is 0 Å². The number of phenols is 1. The fourth-order valence-corrected chi connectivity index (χ4v) is 10.1. The van der Waals surface area contributed by atoms with Crippen molar-refractivity contribution in [1.29, 1.82) is 0 Å². The van der Waals surface area contributed by atoms with Crippen molar-refractivity contribution in [2.24, 2.45) is 5.92 Å². The Morgan fingerprint density at radius 1 is 1.04 bits per heavy atom. The number of aromatic nitrogens is 2. The molecule has 1 aliphatic carbocycles. The summed E-state index contributed by atoms with van der Waals surface area (Å²) in [5.74, 6) is 1.97. The molecule has 238 valence electrons. The maximum atomic E-state index is 14.9. The number of rotatable bonds is 6. The number of hydrogen-bond acceptors (Lipinski definition) is 8. The highest BCUT2D eigenvalue weighted by Gasteiger charge is 2.58. The highest BCUT2D eigenvalue weighted by atomic mass is 19.1. The lowest BCUT2D eigenvalue weighted by atomic mass is 9.89. The smallest absolute Gasteiger partial charge is 0.318 e. The average molecular weight is 613 g/mol. The first-order valence-electron chi connectivity index (χ1n) is 17.4. The van der Waals surface area contributed by atoms with E-state index in [1.165, 1.54) is 48.6 Å². The lowest BCUT2D eigenvalue weighted by Gasteiger charge is -2.38. The molecule has 2 aromatic carbocycles. The van der Waals surface area contributed by atoms with E-state index in [4.69, 9.17) is 14.7 Å². The Labute approximate surface area is 265 Å². The van der Waals surface area contributed by atoms with Crippen LogP contribution in [0.1, 0.15) is 68.7 Å². The molecule has 6 aliphatic rings. The highest BCUT2D eigenvalue weighted by Crippen LogP contribution is 2.52. The van der Waals surface area contributed by atoms with Gasteiger partial charge in [-0.25, -0.2) is 4.39 Å². The van der Waals surface area contributed by atoms with Gasteiger partial charge in [0.15, 0.2) is 0 Å². The molecule has 9 rings (SSSR count). The molecule has 6 atom stereocenters. The predicted molar refractivity (Wildman–Crippen MR) is 174 cm³/mol. The topological polar surface area (TPSA) is 77.0 Å². The molecule has 2 unspecified atom stereocenters. The van der Waals surface area contributed by atoms with Gasteiger partial charge in [-0.2, -0.15) is 9.97 Å². The number of piperazine rings is 1. The lowest BCUT2D eigenvalue weighted by Crippen LogP contribution is -2.52. The van der Waals surface area contributed by atoms with Crippen LogP contribution in [0, 0.1) is 5.92 Å². The normalized spacial score (nSPS) is 32.3. The molecule has 45 heavy (non-hydrogen) atoms. The highest BCUT2D eigenvalue weighted by molar-refractivity contribution is 5.98. The van der Waals surface area contributed by atoms with E-state index in [9.17, 15) is 9.50 Å². The molecule has 1 aromatic heterocycles. The molecule has 9 heteroatoms. The van der Waals surface area contributed by atoms with E-state index in [1.807, 2.05) is 12.1 Å². The molecule has 1 saturated carbocycles. The fourth-order valence-electron chi connectivity index (χ4n) is 10.1. The van der Waals surface area contributed by atoms with Crippen molar-refractivity contribution in [3.63, 3.8) is 0 Å². The Kier molecular flexibility index (Phi) is 6.67. The molecule has 5 aliphatic heterocycles. The van der Waals surface area contributed by atoms with Crippen molar-refractivity contribution in [1.82, 2.24) is 20.2 Å². The van der Waals surface area contributed by atoms with Gasteiger partial charge in [0.25, 0.3) is 0 Å². The summed E-state index contributed by atoms with van der Waals surface area (Å²) in [5, 5.41) is 16.8. The number of fused-ring (bicyclic) bond motifs is 7. The van der Waals surface area contributed by atoms with Crippen molar-refractivity contribution in [2.75, 3.05) is 42.6 Å². The van der Waals surface area contributed by atoms with Crippen LogP contribution in [0.25, 0.3) is 10.8 Å². The fraction of sp³-hybridized carbons (Fsp3) is 0.611. The van der Waals surface area contributed by atoms with Crippen molar-refractivity contribution in [2.45, 2.75) is 101 Å². The summed E-state index contributed by atoms with van der Waals surface area (Å²) >= 11 is 0. The van der Waals surface area contributed by atoms with Crippen molar-refractivity contribution >= 4 is 22.3 Å². The third-order valence-electron chi connectivity index (χ3n) is 12.0. The largest absolute Gasteiger partial charge is 0.508 e. The zero-order chi connectivity index (χ0) is 30.3. The Bertz CT molecular complexity index is 1620. The van der Waals surface area contributed by atoms with E-state index >= 15 is 0 Å². The number of nitrogens with one attached hydrogen (secondary N) is 1. The summed E-state index contributed by atoms with van der Waals surface area (Å²) in [7, 11) is 0. The molecule has 5 fully saturated rings. The first-order valence-corrected chi connectivity index (χ1v) is 17.4. The van der Waals surface area contributed by atoms with E-state index in [0.717, 1.165) is 61.5 Å². The third kappa shape index (κ3) is 4.67. The molecule has 0 spiro atoms. The Morgan fingerprint density at radius 2 is 1.91 bits per heavy atom. The van der Waals surface area contributed by atoms with Crippen LogP contribution in [0.2, 0.25) is 0 Å². The van der Waals surface area contributed by atoms with Crippen LogP contribution in [-0.2, 0) is 19.4 Å². The Hall–Kier alpha value is -3.17. The molecular weight excluding hydrogens is 567 g/mol. The minimum atomic E-state index is -0.787. The van der Waals surface area contributed by atoms with Gasteiger partial charge >= 0.3 is 6.01 Å². The number of alkyl halides is 1. The van der Waals surface area contributed by atoms with Gasteiger partial charge in [0, 0.05) is 73.4 Å². The van der Waals surface area contributed by atoms with Crippen molar-refractivity contribution in [3.05, 3.63) is 47.2 Å². The van der Waals surface area contributed by atoms with Crippen molar-refractivity contribution < 1.29 is 14.2 Å². The second kappa shape index (κ2) is 10.7. The number of ether oxygens (including phenoxy) is 1. The zero-order valence-corrected chi connectivity index (χ0v) is 26.3. The number of anilines is 2. The van der Waals surface area contributed by atoms with E-state index in [-0.39, 0.29) is 11.3 Å². The molecule has 6 heterocycles. The molecule has 4 saturated heterocycles. The number of benzene rings is 2. The molecule has 3 aromatic rings. The summed E-state index contributed by atoms with van der Waals surface area (Å²) in [5.41, 5.74) is 4.32. The summed E-state index contributed by atoms with van der Waals surface area (Å²) in [6.45, 7) is 6.54. The first-order chi connectivity index (χ1) is 22.0. The summed E-state index contributed by atoms with van der Waals surface area (Å²) in [6, 6.07) is 12.1. The van der Waals surface area contributed by atoms with Crippen LogP contribution in [0.15, 0.2) is 30.3 Å². The number of aromatic hydroxyl groups is 1. The van der Waals surface area contributed by atoms with Gasteiger partial charge in [-0.1, -0.05) is 31.5 Å². The minimum Gasteiger partial charge on any atom is -0.508 e. The SMILES string of the molecule is CCc1cccc2cc(O)cc(N3CCc4c(nc(OC[C@]56C[C@H](F)CN5[C@H]5CCC[C@H]5C6)nc4N4CC5CCC(C4)N5)C3)c12. The van der Waals surface area contributed by atoms with Gasteiger partial charge in [0.1, 0.15) is 24.3 Å². The van der Waals surface area contributed by atoms with E-state index in [1.54, 1.807) is 0 Å². The number of halogens is 1. The van der Waals surface area contributed by atoms with E-state index < -0.39 is 6.17 Å². The Morgan fingerprint density at radius 3 is 2.76 bits per heavy atom. The number of hydrogen-bond donors (Lipinski definition) is 2. The van der Waals surface area contributed by atoms with Crippen LogP contribution in [0.3, 0.4) is 0 Å². The van der Waals surface area contributed by atoms with Gasteiger partial charge in [0.05, 0.1) is 17.8 Å². The summed E-state index contributed by atoms with van der Waals surface area (Å²) < 4.78 is 21.5. The minimum absolute atomic E-state index is 0.244. The van der Waals surface area contributed by atoms with Crippen LogP contribution in [0.4, 0.5) is 15.9 Å². The number of aryl methyl sites for hydroxylation is 1. The van der Waals surface area contributed by atoms with Crippen LogP contribution < -0.4 is 19.9 Å². The zero-order valence-electron chi connectivity index (χ0n) is 26.3. The molecule has 8 nitrogen and oxygen atoms in total. The van der Waals surface area contributed by atoms with Gasteiger partial charge in [-0.15, -0.1) is 0 Å². The monoisotopic (exact) mass is 612 g/mol. The summed E-state index contributed by atoms with van der Waals surface area (Å²) in [6.07, 6.45) is 8.66. The maximum absolute atomic E-state index is 14.9. The van der Waals surface area contributed by atoms with Gasteiger partial charge in [-0.05, 0) is 67.9 Å². The van der Waals surface area contributed by atoms with Gasteiger partial charge < -0.3 is 25.0 Å². The first kappa shape index (κ1) is 28.1. The van der Waals surface area contributed by atoms with E-state index in [2.05, 4.69) is 45.1 Å². The quantitative estimate of drug-likeness (QED) is 0.397. The van der Waals surface area contributed by atoms with Crippen LogP contribution in [0.5, 0.6) is 11.8 Å². The number of nitrogens with zero attached hydrogens (tertiary/aromatic N) is 5. The van der Waals surface area contributed by atoms with E-state index in [0.29, 0.717) is 56.2 Å². The maximum Gasteiger partial charge on any atom is 0.318 e. The van der Waals surface area contributed by atoms with Gasteiger partial charge in [0.2, 0.25) is 0 Å². The third-order valence-corrected chi connectivity index (χ3v) is 12.0. The number of phenolic OH excluding ortho intramolecular Hbond substituents is 1. The second-order valence-corrected chi connectivity index (χ2v) is 14.7. The van der Waals surface area contributed by atoms with Crippen molar-refractivity contribution in [3.8, 4) is 11.8 Å². The molecule has 0 radical (unpaired) electrons. The van der Waals surface area contributed by atoms with Gasteiger partial charge in [-0.3, -0.25) is 4.90 Å². The molecule has 2 N–H and O–H groups in total. The predicted octanol–water partition coefficient (Wildman–Crippen LogP) is 5.13. The second-order valence-electron chi connectivity index (χ2n) is 14.7. The molecule has 0 amide bonds. The average Bonchev–Trinajstić information content (AvgIpc) is 3.78. The standard InChI is InChI=1S/C36H45FN6O2/c1-2-22-5-3-6-23-13-28(44)14-32(33(22)23)41-12-11-29-30(20-41)39-35(40-34(29)42-18-26-9-10-27(19-42)38-26)45-21-36-15-24-7-4-8-31(24)43(36)17-25(37)16-36/h3,5-6,13-14,24-27,31,38,44H,2,4,7-12,15-21H2,1H3/t24-,25-,26?,27?,31-,36-/m0/s1. The molecular formula is C36H45FN6O2. The summed E-state index contributed by atoms with van der Waals surface area (Å²) in [4.78, 5) is 17.6. The van der Waals surface area contributed by atoms with Crippen LogP contribution in [-0.4, -0.2) is 82.6 Å². The Balaban J connectivity index is 1.07.